The van der Waals surface area contributed by atoms with Gasteiger partial charge in [0.15, 0.2) is 0 Å². The topological polar surface area (TPSA) is 81.0 Å². The molecule has 3 N–H and O–H groups in total. The highest BCUT2D eigenvalue weighted by atomic mass is 16.7. The zero-order chi connectivity index (χ0) is 9.23. The maximum Gasteiger partial charge on any atom is 0.371 e. The Morgan fingerprint density at radius 2 is 1.82 bits per heavy atom. The Bertz CT molecular complexity index is 182. The van der Waals surface area contributed by atoms with Crippen molar-refractivity contribution in [3.05, 3.63) is 12.2 Å². The smallest absolute Gasteiger partial charge is 0.325 e. The van der Waals surface area contributed by atoms with E-state index in [1.54, 1.807) is 0 Å². The summed E-state index contributed by atoms with van der Waals surface area (Å²) in [6.07, 6.45) is -3.12. The number of carbonyl (C=O) groups is 1. The van der Waals surface area contributed by atoms with Crippen LogP contribution in [-0.4, -0.2) is 39.3 Å². The predicted octanol–water partition coefficient (Wildman–Crippen LogP) is -1.39. The van der Waals surface area contributed by atoms with Gasteiger partial charge >= 0.3 is 6.10 Å². The molecule has 0 radical (unpaired) electrons. The van der Waals surface area contributed by atoms with Crippen molar-refractivity contribution < 1.29 is 20.1 Å². The van der Waals surface area contributed by atoms with Crippen LogP contribution in [0.25, 0.3) is 0 Å². The summed E-state index contributed by atoms with van der Waals surface area (Å²) >= 11 is 0. The third-order valence-corrected chi connectivity index (χ3v) is 1.12. The van der Waals surface area contributed by atoms with E-state index < -0.39 is 12.0 Å². The first-order valence-corrected chi connectivity index (χ1v) is 2.87. The number of rotatable bonds is 2. The molecule has 0 saturated carbocycles. The molecular formula is C6H11NO4. The average Bonchev–Trinajstić information content (AvgIpc) is 1.82. The molecule has 0 atom stereocenters. The lowest BCUT2D eigenvalue weighted by molar-refractivity contribution is -0.376. The number of hydrogen-bond donors (Lipinski definition) is 3. The normalized spacial score (nSPS) is 11.0. The molecule has 5 heteroatoms. The Balaban J connectivity index is 4.38. The van der Waals surface area contributed by atoms with E-state index in [0.717, 1.165) is 7.05 Å². The molecule has 11 heavy (non-hydrogen) atoms. The molecule has 0 bridgehead atoms. The zero-order valence-electron chi connectivity index (χ0n) is 6.40. The number of nitrogens with zero attached hydrogens (tertiary/aromatic N) is 1. The van der Waals surface area contributed by atoms with Gasteiger partial charge in [0, 0.05) is 12.6 Å². The van der Waals surface area contributed by atoms with Crippen LogP contribution in [0.2, 0.25) is 0 Å². The fraction of sp³-hybridized carbons (Fsp3) is 0.500. The van der Waals surface area contributed by atoms with E-state index in [2.05, 4.69) is 6.58 Å². The second kappa shape index (κ2) is 3.00. The molecule has 0 aliphatic heterocycles. The fourth-order valence-corrected chi connectivity index (χ4v) is 0.423. The van der Waals surface area contributed by atoms with Gasteiger partial charge in [-0.25, -0.2) is 0 Å². The van der Waals surface area contributed by atoms with Crippen molar-refractivity contribution in [1.82, 2.24) is 4.90 Å². The molecule has 0 fully saturated rings. The Labute approximate surface area is 64.2 Å². The van der Waals surface area contributed by atoms with E-state index in [4.69, 9.17) is 15.3 Å². The quantitative estimate of drug-likeness (QED) is 0.344. The Morgan fingerprint density at radius 1 is 1.45 bits per heavy atom. The standard InChI is InChI=1S/C6H11NO4/c1-4(2)5(8)7(3)6(9,10)11/h9-11H,1H2,2-3H3. The molecular weight excluding hydrogens is 150 g/mol. The van der Waals surface area contributed by atoms with E-state index in [9.17, 15) is 4.79 Å². The molecule has 0 aromatic carbocycles. The number of likely N-dealkylation sites (N-methyl/N-ethyl adjacent to an activating group) is 1. The SMILES string of the molecule is C=C(C)C(=O)N(C)C(O)(O)O. The van der Waals surface area contributed by atoms with Crippen molar-refractivity contribution in [2.24, 2.45) is 0 Å². The molecule has 5 nitrogen and oxygen atoms in total. The molecule has 0 aliphatic carbocycles. The molecule has 1 amide bonds. The molecule has 0 aromatic rings. The van der Waals surface area contributed by atoms with Crippen LogP contribution >= 0.6 is 0 Å². The van der Waals surface area contributed by atoms with Crippen molar-refractivity contribution in [3.63, 3.8) is 0 Å². The van der Waals surface area contributed by atoms with Gasteiger partial charge in [-0.15, -0.1) is 0 Å². The summed E-state index contributed by atoms with van der Waals surface area (Å²) in [7, 11) is 1.04. The van der Waals surface area contributed by atoms with Gasteiger partial charge in [-0.3, -0.25) is 9.69 Å². The first kappa shape index (κ1) is 10.1. The number of carbonyl (C=O) groups excluding carboxylic acids is 1. The van der Waals surface area contributed by atoms with Crippen LogP contribution in [0.5, 0.6) is 0 Å². The van der Waals surface area contributed by atoms with Crippen LogP contribution in [0, 0.1) is 0 Å². The second-order valence-electron chi connectivity index (χ2n) is 2.24. The van der Waals surface area contributed by atoms with Gasteiger partial charge in [0.1, 0.15) is 0 Å². The molecule has 0 rings (SSSR count). The highest BCUT2D eigenvalue weighted by Gasteiger charge is 2.29. The van der Waals surface area contributed by atoms with Gasteiger partial charge in [-0.2, -0.15) is 0 Å². The third-order valence-electron chi connectivity index (χ3n) is 1.12. The van der Waals surface area contributed by atoms with Gasteiger partial charge in [0.25, 0.3) is 5.91 Å². The van der Waals surface area contributed by atoms with Crippen LogP contribution in [0.4, 0.5) is 0 Å². The summed E-state index contributed by atoms with van der Waals surface area (Å²) in [6, 6.07) is 0. The van der Waals surface area contributed by atoms with E-state index in [0.29, 0.717) is 4.90 Å². The van der Waals surface area contributed by atoms with Crippen molar-refractivity contribution in [1.29, 1.82) is 0 Å². The first-order chi connectivity index (χ1) is 4.76. The number of hydrogen-bond acceptors (Lipinski definition) is 4. The highest BCUT2D eigenvalue weighted by Crippen LogP contribution is 2.04. The van der Waals surface area contributed by atoms with Gasteiger partial charge in [-0.05, 0) is 6.92 Å². The van der Waals surface area contributed by atoms with Crippen LogP contribution < -0.4 is 0 Å². The Morgan fingerprint density at radius 3 is 1.91 bits per heavy atom. The van der Waals surface area contributed by atoms with Gasteiger partial charge < -0.3 is 15.3 Å². The monoisotopic (exact) mass is 161 g/mol. The minimum absolute atomic E-state index is 0.106. The maximum atomic E-state index is 10.8. The second-order valence-corrected chi connectivity index (χ2v) is 2.24. The number of aliphatic hydroxyl groups is 3. The highest BCUT2D eigenvalue weighted by molar-refractivity contribution is 5.92. The number of amides is 1. The van der Waals surface area contributed by atoms with Crippen LogP contribution in [-0.2, 0) is 4.79 Å². The summed E-state index contributed by atoms with van der Waals surface area (Å²) < 4.78 is 0. The summed E-state index contributed by atoms with van der Waals surface area (Å²) in [6.45, 7) is 4.66. The summed E-state index contributed by atoms with van der Waals surface area (Å²) in [5, 5.41) is 25.4. The van der Waals surface area contributed by atoms with E-state index in [1.807, 2.05) is 0 Å². The minimum Gasteiger partial charge on any atom is -0.325 e. The van der Waals surface area contributed by atoms with E-state index in [-0.39, 0.29) is 5.57 Å². The molecule has 64 valence electrons. The first-order valence-electron chi connectivity index (χ1n) is 2.87. The van der Waals surface area contributed by atoms with E-state index in [1.165, 1.54) is 6.92 Å². The van der Waals surface area contributed by atoms with Gasteiger partial charge in [-0.1, -0.05) is 6.58 Å². The lowest BCUT2D eigenvalue weighted by Gasteiger charge is -2.25. The summed E-state index contributed by atoms with van der Waals surface area (Å²) in [5.41, 5.74) is 0.106. The molecule has 0 unspecified atom stereocenters. The van der Waals surface area contributed by atoms with Crippen molar-refractivity contribution in [2.45, 2.75) is 13.0 Å². The minimum atomic E-state index is -3.12. The third kappa shape index (κ3) is 2.67. The summed E-state index contributed by atoms with van der Waals surface area (Å²) in [5.74, 6) is -0.738. The largest absolute Gasteiger partial charge is 0.371 e. The van der Waals surface area contributed by atoms with Crippen molar-refractivity contribution >= 4 is 5.91 Å². The van der Waals surface area contributed by atoms with Crippen molar-refractivity contribution in [3.8, 4) is 0 Å². The van der Waals surface area contributed by atoms with Crippen molar-refractivity contribution in [2.75, 3.05) is 7.05 Å². The Kier molecular flexibility index (Phi) is 2.75. The predicted molar refractivity (Wildman–Crippen MR) is 37.0 cm³/mol. The van der Waals surface area contributed by atoms with E-state index >= 15 is 0 Å². The molecule has 0 aliphatic rings. The Hall–Kier alpha value is -0.910. The fourth-order valence-electron chi connectivity index (χ4n) is 0.423. The van der Waals surface area contributed by atoms with Gasteiger partial charge in [0.2, 0.25) is 0 Å². The molecule has 0 heterocycles. The zero-order valence-corrected chi connectivity index (χ0v) is 6.40. The maximum absolute atomic E-state index is 10.8. The van der Waals surface area contributed by atoms with Gasteiger partial charge in [0.05, 0.1) is 0 Å². The molecule has 0 spiro atoms. The average molecular weight is 161 g/mol. The lowest BCUT2D eigenvalue weighted by Crippen LogP contribution is -2.49. The summed E-state index contributed by atoms with van der Waals surface area (Å²) in [4.78, 5) is 11.2. The molecule has 0 saturated heterocycles. The van der Waals surface area contributed by atoms with Crippen LogP contribution in [0.15, 0.2) is 12.2 Å². The molecule has 0 aromatic heterocycles. The lowest BCUT2D eigenvalue weighted by atomic mass is 10.3. The van der Waals surface area contributed by atoms with Crippen LogP contribution in [0.1, 0.15) is 6.92 Å². The van der Waals surface area contributed by atoms with Crippen LogP contribution in [0.3, 0.4) is 0 Å².